The Balaban J connectivity index is 1.61. The quantitative estimate of drug-likeness (QED) is 0.807. The number of rotatable bonds is 7. The fourth-order valence-electron chi connectivity index (χ4n) is 2.50. The van der Waals surface area contributed by atoms with Gasteiger partial charge in [0.05, 0.1) is 12.3 Å². The monoisotopic (exact) mass is 345 g/mol. The van der Waals surface area contributed by atoms with Crippen LogP contribution in [0.15, 0.2) is 29.6 Å². The van der Waals surface area contributed by atoms with Crippen molar-refractivity contribution in [3.05, 3.63) is 29.6 Å². The number of ether oxygens (including phenoxy) is 1. The van der Waals surface area contributed by atoms with Gasteiger partial charge in [-0.3, -0.25) is 4.79 Å². The summed E-state index contributed by atoms with van der Waals surface area (Å²) >= 11 is 1.46. The number of benzene rings is 1. The third-order valence-corrected chi connectivity index (χ3v) is 5.05. The lowest BCUT2D eigenvalue weighted by atomic mass is 9.88. The van der Waals surface area contributed by atoms with Crippen LogP contribution in [0.25, 0.3) is 11.3 Å². The Morgan fingerprint density at radius 2 is 2.17 bits per heavy atom. The lowest BCUT2D eigenvalue weighted by molar-refractivity contribution is -0.121. The summed E-state index contributed by atoms with van der Waals surface area (Å²) in [7, 11) is 0. The first-order chi connectivity index (χ1) is 11.7. The van der Waals surface area contributed by atoms with Gasteiger partial charge in [-0.25, -0.2) is 4.98 Å². The second-order valence-electron chi connectivity index (χ2n) is 6.11. The maximum atomic E-state index is 12.2. The van der Waals surface area contributed by atoms with E-state index in [0.717, 1.165) is 43.1 Å². The molecule has 1 aliphatic heterocycles. The van der Waals surface area contributed by atoms with Crippen LogP contribution >= 0.6 is 11.3 Å². The number of carbonyl (C=O) groups excluding carboxylic acids is 1. The van der Waals surface area contributed by atoms with Crippen molar-refractivity contribution in [3.8, 4) is 17.0 Å². The molecule has 1 amide bonds. The van der Waals surface area contributed by atoms with Crippen LogP contribution in [0.3, 0.4) is 0 Å². The van der Waals surface area contributed by atoms with Gasteiger partial charge in [-0.15, -0.1) is 11.3 Å². The van der Waals surface area contributed by atoms with Gasteiger partial charge in [-0.05, 0) is 49.7 Å². The highest BCUT2D eigenvalue weighted by molar-refractivity contribution is 7.14. The molecular weight excluding hydrogens is 322 g/mol. The number of aromatic nitrogens is 1. The maximum Gasteiger partial charge on any atom is 0.229 e. The van der Waals surface area contributed by atoms with E-state index in [1.54, 1.807) is 0 Å². The number of amides is 1. The number of nitrogens with zero attached hydrogens (tertiary/aromatic N) is 1. The standard InChI is InChI=1S/C18H23N3O2S/c1-3-8-23-15-6-4-13(5-7-15)16-11-24-18(20-16)21-17(22)12(2)14-9-19-10-14/h4-7,11-12,14,19H,3,8-10H2,1-2H3,(H,20,21,22). The molecule has 1 saturated heterocycles. The summed E-state index contributed by atoms with van der Waals surface area (Å²) in [4.78, 5) is 16.8. The van der Waals surface area contributed by atoms with Crippen LogP contribution < -0.4 is 15.4 Å². The van der Waals surface area contributed by atoms with Crippen LogP contribution in [0.1, 0.15) is 20.3 Å². The van der Waals surface area contributed by atoms with Gasteiger partial charge in [-0.1, -0.05) is 13.8 Å². The minimum atomic E-state index is 0.00796. The molecule has 3 rings (SSSR count). The number of thiazole rings is 1. The van der Waals surface area contributed by atoms with Crippen molar-refractivity contribution >= 4 is 22.4 Å². The summed E-state index contributed by atoms with van der Waals surface area (Å²) in [5.41, 5.74) is 1.89. The molecule has 1 unspecified atom stereocenters. The summed E-state index contributed by atoms with van der Waals surface area (Å²) < 4.78 is 5.59. The van der Waals surface area contributed by atoms with E-state index in [4.69, 9.17) is 4.74 Å². The molecule has 1 aliphatic rings. The van der Waals surface area contributed by atoms with Gasteiger partial charge in [-0.2, -0.15) is 0 Å². The van der Waals surface area contributed by atoms with Crippen molar-refractivity contribution in [1.29, 1.82) is 0 Å². The molecule has 0 spiro atoms. The van der Waals surface area contributed by atoms with E-state index in [1.807, 2.05) is 36.6 Å². The molecule has 0 radical (unpaired) electrons. The second-order valence-corrected chi connectivity index (χ2v) is 6.97. The molecule has 1 aromatic heterocycles. The Bertz CT molecular complexity index is 680. The van der Waals surface area contributed by atoms with Crippen molar-refractivity contribution in [3.63, 3.8) is 0 Å². The SMILES string of the molecule is CCCOc1ccc(-c2csc(NC(=O)C(C)C3CNC3)n2)cc1. The van der Waals surface area contributed by atoms with E-state index < -0.39 is 0 Å². The smallest absolute Gasteiger partial charge is 0.229 e. The highest BCUT2D eigenvalue weighted by Crippen LogP contribution is 2.27. The first-order valence-electron chi connectivity index (χ1n) is 8.37. The molecule has 0 bridgehead atoms. The zero-order valence-electron chi connectivity index (χ0n) is 14.0. The van der Waals surface area contributed by atoms with Gasteiger partial charge in [0, 0.05) is 16.9 Å². The highest BCUT2D eigenvalue weighted by Gasteiger charge is 2.29. The van der Waals surface area contributed by atoms with Crippen LogP contribution in [0.5, 0.6) is 5.75 Å². The Labute approximate surface area is 146 Å². The third-order valence-electron chi connectivity index (χ3n) is 4.29. The Morgan fingerprint density at radius 3 is 2.79 bits per heavy atom. The van der Waals surface area contributed by atoms with E-state index in [1.165, 1.54) is 11.3 Å². The predicted molar refractivity (Wildman–Crippen MR) is 97.5 cm³/mol. The normalized spacial score (nSPS) is 15.6. The van der Waals surface area contributed by atoms with Crippen LogP contribution in [0.4, 0.5) is 5.13 Å². The van der Waals surface area contributed by atoms with Gasteiger partial charge >= 0.3 is 0 Å². The van der Waals surface area contributed by atoms with Gasteiger partial charge in [0.1, 0.15) is 5.75 Å². The fraction of sp³-hybridized carbons (Fsp3) is 0.444. The number of carbonyl (C=O) groups is 1. The van der Waals surface area contributed by atoms with Gasteiger partial charge in [0.25, 0.3) is 0 Å². The first kappa shape index (κ1) is 16.9. The average Bonchev–Trinajstić information content (AvgIpc) is 3.00. The van der Waals surface area contributed by atoms with E-state index in [2.05, 4.69) is 22.5 Å². The molecule has 5 nitrogen and oxygen atoms in total. The molecule has 1 fully saturated rings. The fourth-order valence-corrected chi connectivity index (χ4v) is 3.23. The van der Waals surface area contributed by atoms with Crippen molar-refractivity contribution < 1.29 is 9.53 Å². The first-order valence-corrected chi connectivity index (χ1v) is 9.25. The van der Waals surface area contributed by atoms with Crippen molar-refractivity contribution in [2.75, 3.05) is 25.0 Å². The molecule has 2 aromatic rings. The zero-order valence-corrected chi connectivity index (χ0v) is 14.9. The summed E-state index contributed by atoms with van der Waals surface area (Å²) in [5, 5.41) is 8.76. The summed E-state index contributed by atoms with van der Waals surface area (Å²) in [6.07, 6.45) is 0.992. The molecular formula is C18H23N3O2S. The Morgan fingerprint density at radius 1 is 1.42 bits per heavy atom. The summed E-state index contributed by atoms with van der Waals surface area (Å²) in [6.45, 7) is 6.63. The largest absolute Gasteiger partial charge is 0.494 e. The van der Waals surface area contributed by atoms with Crippen LogP contribution in [-0.2, 0) is 4.79 Å². The minimum Gasteiger partial charge on any atom is -0.494 e. The predicted octanol–water partition coefficient (Wildman–Crippen LogP) is 3.39. The van der Waals surface area contributed by atoms with E-state index in [9.17, 15) is 4.79 Å². The number of hydrogen-bond donors (Lipinski definition) is 2. The minimum absolute atomic E-state index is 0.00796. The topological polar surface area (TPSA) is 63.2 Å². The van der Waals surface area contributed by atoms with Crippen molar-refractivity contribution in [2.24, 2.45) is 11.8 Å². The Kier molecular flexibility index (Phi) is 5.48. The van der Waals surface area contributed by atoms with E-state index in [0.29, 0.717) is 11.0 Å². The number of nitrogens with one attached hydrogen (secondary N) is 2. The number of anilines is 1. The molecule has 24 heavy (non-hydrogen) atoms. The second kappa shape index (κ2) is 7.77. The lowest BCUT2D eigenvalue weighted by Crippen LogP contribution is -2.48. The molecule has 1 atom stereocenters. The van der Waals surface area contributed by atoms with Gasteiger partial charge < -0.3 is 15.4 Å². The van der Waals surface area contributed by atoms with Crippen molar-refractivity contribution in [2.45, 2.75) is 20.3 Å². The van der Waals surface area contributed by atoms with E-state index >= 15 is 0 Å². The molecule has 6 heteroatoms. The maximum absolute atomic E-state index is 12.2. The molecule has 0 aliphatic carbocycles. The lowest BCUT2D eigenvalue weighted by Gasteiger charge is -2.31. The number of hydrogen-bond acceptors (Lipinski definition) is 5. The van der Waals surface area contributed by atoms with Gasteiger partial charge in [0.2, 0.25) is 5.91 Å². The molecule has 128 valence electrons. The van der Waals surface area contributed by atoms with Crippen LogP contribution in [0.2, 0.25) is 0 Å². The molecule has 0 saturated carbocycles. The zero-order chi connectivity index (χ0) is 16.9. The molecule has 2 N–H and O–H groups in total. The van der Waals surface area contributed by atoms with Crippen LogP contribution in [-0.4, -0.2) is 30.6 Å². The van der Waals surface area contributed by atoms with Crippen molar-refractivity contribution in [1.82, 2.24) is 10.3 Å². The molecule has 1 aromatic carbocycles. The van der Waals surface area contributed by atoms with Gasteiger partial charge in [0.15, 0.2) is 5.13 Å². The average molecular weight is 345 g/mol. The highest BCUT2D eigenvalue weighted by atomic mass is 32.1. The summed E-state index contributed by atoms with van der Waals surface area (Å²) in [5.74, 6) is 1.35. The third kappa shape index (κ3) is 3.94. The van der Waals surface area contributed by atoms with Crippen LogP contribution in [0, 0.1) is 11.8 Å². The summed E-state index contributed by atoms with van der Waals surface area (Å²) in [6, 6.07) is 7.89. The molecule has 2 heterocycles. The van der Waals surface area contributed by atoms with E-state index in [-0.39, 0.29) is 11.8 Å². The Hall–Kier alpha value is -1.92.